The Morgan fingerprint density at radius 3 is 3.00 bits per heavy atom. The van der Waals surface area contributed by atoms with Crippen LogP contribution in [0.2, 0.25) is 0 Å². The van der Waals surface area contributed by atoms with E-state index < -0.39 is 5.41 Å². The Balaban J connectivity index is 1.75. The third-order valence-corrected chi connectivity index (χ3v) is 5.19. The molecule has 1 fully saturated rings. The minimum atomic E-state index is -0.493. The Kier molecular flexibility index (Phi) is 2.96. The topological polar surface area (TPSA) is 42.1 Å². The highest BCUT2D eigenvalue weighted by atomic mass is 16.5. The van der Waals surface area contributed by atoms with Crippen molar-refractivity contribution in [3.63, 3.8) is 0 Å². The van der Waals surface area contributed by atoms with Crippen LogP contribution in [0.5, 0.6) is 0 Å². The molecule has 0 spiro atoms. The first-order valence-electron chi connectivity index (χ1n) is 7.75. The number of hydrogen-bond acceptors (Lipinski definition) is 2. The number of rotatable bonds is 3. The van der Waals surface area contributed by atoms with E-state index in [0.29, 0.717) is 5.92 Å². The summed E-state index contributed by atoms with van der Waals surface area (Å²) in [5, 5.41) is 1.18. The van der Waals surface area contributed by atoms with Gasteiger partial charge in [-0.1, -0.05) is 36.4 Å². The zero-order valence-electron chi connectivity index (χ0n) is 12.6. The molecule has 0 amide bonds. The third kappa shape index (κ3) is 1.85. The van der Waals surface area contributed by atoms with Crippen molar-refractivity contribution in [1.82, 2.24) is 4.98 Å². The Bertz CT molecular complexity index is 786. The van der Waals surface area contributed by atoms with Crippen molar-refractivity contribution in [1.29, 1.82) is 0 Å². The van der Waals surface area contributed by atoms with Crippen LogP contribution in [-0.4, -0.2) is 18.1 Å². The average Bonchev–Trinajstić information content (AvgIpc) is 3.26. The number of ether oxygens (including phenoxy) is 1. The fourth-order valence-electron chi connectivity index (χ4n) is 4.07. The second-order valence-electron chi connectivity index (χ2n) is 6.34. The van der Waals surface area contributed by atoms with Crippen molar-refractivity contribution < 1.29 is 9.53 Å². The molecule has 2 aromatic rings. The Morgan fingerprint density at radius 1 is 1.36 bits per heavy atom. The molecule has 0 radical (unpaired) electrons. The highest BCUT2D eigenvalue weighted by molar-refractivity contribution is 5.90. The van der Waals surface area contributed by atoms with E-state index in [0.717, 1.165) is 23.9 Å². The summed E-state index contributed by atoms with van der Waals surface area (Å²) in [7, 11) is 1.49. The minimum Gasteiger partial charge on any atom is -0.468 e. The van der Waals surface area contributed by atoms with Gasteiger partial charge in [-0.05, 0) is 42.4 Å². The van der Waals surface area contributed by atoms with E-state index in [1.165, 1.54) is 12.5 Å². The van der Waals surface area contributed by atoms with Crippen molar-refractivity contribution in [2.75, 3.05) is 7.11 Å². The number of hydrogen-bond donors (Lipinski definition) is 1. The number of aromatic nitrogens is 1. The monoisotopic (exact) mass is 293 g/mol. The SMILES string of the molecule is COC(=O)[C@@]1(/C=C/c2cccc3[nH]ccc23)C[C@H]2C=C[C@@H]1C2. The van der Waals surface area contributed by atoms with Gasteiger partial charge >= 0.3 is 5.97 Å². The first-order chi connectivity index (χ1) is 10.7. The summed E-state index contributed by atoms with van der Waals surface area (Å²) in [5.74, 6) is 0.672. The van der Waals surface area contributed by atoms with Gasteiger partial charge in [0.25, 0.3) is 0 Å². The predicted molar refractivity (Wildman–Crippen MR) is 87.1 cm³/mol. The number of aromatic amines is 1. The van der Waals surface area contributed by atoms with Crippen LogP contribution in [0, 0.1) is 17.3 Å². The average molecular weight is 293 g/mol. The van der Waals surface area contributed by atoms with Crippen LogP contribution in [0.3, 0.4) is 0 Å². The first-order valence-corrected chi connectivity index (χ1v) is 7.75. The van der Waals surface area contributed by atoms with Gasteiger partial charge in [-0.2, -0.15) is 0 Å². The first kappa shape index (κ1) is 13.4. The number of methoxy groups -OCH3 is 1. The van der Waals surface area contributed by atoms with Crippen LogP contribution >= 0.6 is 0 Å². The Labute approximate surface area is 129 Å². The smallest absolute Gasteiger partial charge is 0.316 e. The molecular formula is C19H19NO2. The molecule has 22 heavy (non-hydrogen) atoms. The highest BCUT2D eigenvalue weighted by Crippen LogP contribution is 2.54. The maximum Gasteiger partial charge on any atom is 0.316 e. The summed E-state index contributed by atoms with van der Waals surface area (Å²) in [4.78, 5) is 15.7. The van der Waals surface area contributed by atoms with Gasteiger partial charge in [-0.3, -0.25) is 4.79 Å². The number of esters is 1. The van der Waals surface area contributed by atoms with Gasteiger partial charge in [-0.15, -0.1) is 0 Å². The highest BCUT2D eigenvalue weighted by Gasteiger charge is 2.52. The number of allylic oxidation sites excluding steroid dienone is 2. The van der Waals surface area contributed by atoms with Gasteiger partial charge in [0.1, 0.15) is 0 Å². The van der Waals surface area contributed by atoms with Gasteiger partial charge < -0.3 is 9.72 Å². The molecule has 0 saturated heterocycles. The number of fused-ring (bicyclic) bond motifs is 3. The summed E-state index contributed by atoms with van der Waals surface area (Å²) < 4.78 is 5.12. The Morgan fingerprint density at radius 2 is 2.27 bits per heavy atom. The van der Waals surface area contributed by atoms with E-state index in [-0.39, 0.29) is 11.9 Å². The number of benzene rings is 1. The quantitative estimate of drug-likeness (QED) is 0.688. The van der Waals surface area contributed by atoms with Crippen LogP contribution < -0.4 is 0 Å². The molecule has 112 valence electrons. The molecule has 3 heteroatoms. The van der Waals surface area contributed by atoms with Gasteiger partial charge in [0, 0.05) is 17.1 Å². The molecule has 3 nitrogen and oxygen atoms in total. The summed E-state index contributed by atoms with van der Waals surface area (Å²) in [5.41, 5.74) is 1.75. The zero-order valence-corrected chi connectivity index (χ0v) is 12.6. The minimum absolute atomic E-state index is 0.109. The van der Waals surface area contributed by atoms with Crippen molar-refractivity contribution in [2.45, 2.75) is 12.8 Å². The number of H-pyrrole nitrogens is 1. The van der Waals surface area contributed by atoms with E-state index in [1.807, 2.05) is 12.3 Å². The summed E-state index contributed by atoms with van der Waals surface area (Å²) >= 11 is 0. The fraction of sp³-hybridized carbons (Fsp3) is 0.316. The van der Waals surface area contributed by atoms with Gasteiger partial charge in [0.15, 0.2) is 0 Å². The molecular weight excluding hydrogens is 274 g/mol. The van der Waals surface area contributed by atoms with Gasteiger partial charge in [-0.25, -0.2) is 0 Å². The van der Waals surface area contributed by atoms with Crippen molar-refractivity contribution in [2.24, 2.45) is 17.3 Å². The molecule has 2 bridgehead atoms. The number of carbonyl (C=O) groups is 1. The molecule has 1 saturated carbocycles. The van der Waals surface area contributed by atoms with Crippen LogP contribution in [0.1, 0.15) is 18.4 Å². The lowest BCUT2D eigenvalue weighted by Crippen LogP contribution is -2.34. The molecule has 4 rings (SSSR count). The fourth-order valence-corrected chi connectivity index (χ4v) is 4.07. The van der Waals surface area contributed by atoms with E-state index in [2.05, 4.69) is 47.5 Å². The zero-order chi connectivity index (χ0) is 15.2. The third-order valence-electron chi connectivity index (χ3n) is 5.19. The van der Waals surface area contributed by atoms with Crippen molar-refractivity contribution in [3.8, 4) is 0 Å². The lowest BCUT2D eigenvalue weighted by atomic mass is 9.75. The number of nitrogens with one attached hydrogen (secondary N) is 1. The molecule has 0 unspecified atom stereocenters. The molecule has 1 aromatic carbocycles. The second kappa shape index (κ2) is 4.87. The summed E-state index contributed by atoms with van der Waals surface area (Å²) in [6.45, 7) is 0. The van der Waals surface area contributed by atoms with Crippen LogP contribution in [-0.2, 0) is 9.53 Å². The number of carbonyl (C=O) groups excluding carboxylic acids is 1. The van der Waals surface area contributed by atoms with E-state index in [1.54, 1.807) is 0 Å². The second-order valence-corrected chi connectivity index (χ2v) is 6.34. The van der Waals surface area contributed by atoms with E-state index in [4.69, 9.17) is 4.74 Å². The van der Waals surface area contributed by atoms with Crippen LogP contribution in [0.4, 0.5) is 0 Å². The van der Waals surface area contributed by atoms with E-state index >= 15 is 0 Å². The van der Waals surface area contributed by atoms with Crippen molar-refractivity contribution in [3.05, 3.63) is 54.3 Å². The molecule has 2 aliphatic carbocycles. The molecule has 1 heterocycles. The van der Waals surface area contributed by atoms with Gasteiger partial charge in [0.05, 0.1) is 12.5 Å². The Hall–Kier alpha value is -2.29. The summed E-state index contributed by atoms with van der Waals surface area (Å²) in [6, 6.07) is 8.24. The molecule has 1 aromatic heterocycles. The largest absolute Gasteiger partial charge is 0.468 e. The molecule has 0 aliphatic heterocycles. The van der Waals surface area contributed by atoms with Crippen molar-refractivity contribution >= 4 is 22.9 Å². The molecule has 2 aliphatic rings. The standard InChI is InChI=1S/C19H19NO2/c1-22-18(21)19(12-13-5-6-15(19)11-13)9-7-14-3-2-4-17-16(14)8-10-20-17/h2-10,13,15,20H,11-12H2,1H3/b9-7+/t13-,15+,19-/m0/s1. The maximum atomic E-state index is 12.4. The molecule has 3 atom stereocenters. The normalized spacial score (nSPS) is 29.7. The lowest BCUT2D eigenvalue weighted by molar-refractivity contribution is -0.151. The summed E-state index contributed by atoms with van der Waals surface area (Å²) in [6.07, 6.45) is 12.5. The predicted octanol–water partition coefficient (Wildman–Crippen LogP) is 3.94. The van der Waals surface area contributed by atoms with Gasteiger partial charge in [0.2, 0.25) is 0 Å². The lowest BCUT2D eigenvalue weighted by Gasteiger charge is -2.29. The maximum absolute atomic E-state index is 12.4. The van der Waals surface area contributed by atoms with Crippen LogP contribution in [0.25, 0.3) is 17.0 Å². The van der Waals surface area contributed by atoms with E-state index in [9.17, 15) is 4.79 Å². The molecule has 1 N–H and O–H groups in total. The van der Waals surface area contributed by atoms with Crippen LogP contribution in [0.15, 0.2) is 48.7 Å².